The number of ether oxygens (including phenoxy) is 1. The van der Waals surface area contributed by atoms with Crippen LogP contribution in [-0.2, 0) is 4.74 Å². The normalized spacial score (nSPS) is 21.6. The van der Waals surface area contributed by atoms with E-state index in [-0.39, 0.29) is 17.7 Å². The van der Waals surface area contributed by atoms with Crippen molar-refractivity contribution in [2.75, 3.05) is 25.0 Å². The number of aromatic nitrogens is 3. The molecule has 4 heterocycles. The van der Waals surface area contributed by atoms with Gasteiger partial charge in [0.25, 0.3) is 5.56 Å². The van der Waals surface area contributed by atoms with Crippen LogP contribution in [0.3, 0.4) is 0 Å². The zero-order valence-electron chi connectivity index (χ0n) is 20.2. The third-order valence-corrected chi connectivity index (χ3v) is 7.28. The third-order valence-electron chi connectivity index (χ3n) is 7.28. The number of aryl methyl sites for hydroxylation is 2. The molecule has 3 aromatic heterocycles. The molecule has 0 bridgehead atoms. The van der Waals surface area contributed by atoms with Gasteiger partial charge in [0.05, 0.1) is 17.7 Å². The van der Waals surface area contributed by atoms with Crippen LogP contribution in [0.25, 0.3) is 22.0 Å². The van der Waals surface area contributed by atoms with Crippen LogP contribution in [0.1, 0.15) is 49.7 Å². The number of anilines is 1. The number of piperidine rings is 1. The van der Waals surface area contributed by atoms with E-state index in [1.54, 1.807) is 0 Å². The van der Waals surface area contributed by atoms with Gasteiger partial charge in [-0.25, -0.2) is 4.98 Å². The Kier molecular flexibility index (Phi) is 6.92. The lowest BCUT2D eigenvalue weighted by molar-refractivity contribution is 0.00174. The monoisotopic (exact) mass is 461 g/mol. The van der Waals surface area contributed by atoms with Gasteiger partial charge in [0, 0.05) is 53.8 Å². The van der Waals surface area contributed by atoms with Crippen LogP contribution >= 0.6 is 0 Å². The van der Waals surface area contributed by atoms with E-state index in [0.717, 1.165) is 53.7 Å². The standard InChI is InChI=1S/C27H35N5O2/c1-17-10-20(13-29-12-17)22-14-30-26(25-21(22)11-18(2)27(33)32-25)31-23-8-9-28-15-24(23)34-16-19-6-4-3-5-7-19/h10-14,19,23-24,28H,3-9,15-16H2,1-2H3,(H,30,31)(H,32,33)/t23-,24-/m0/s1. The Morgan fingerprint density at radius 1 is 1.09 bits per heavy atom. The summed E-state index contributed by atoms with van der Waals surface area (Å²) in [4.78, 5) is 24.8. The van der Waals surface area contributed by atoms with Gasteiger partial charge >= 0.3 is 0 Å². The van der Waals surface area contributed by atoms with Gasteiger partial charge in [-0.2, -0.15) is 0 Å². The maximum Gasteiger partial charge on any atom is 0.251 e. The summed E-state index contributed by atoms with van der Waals surface area (Å²) in [6.07, 6.45) is 13.2. The molecule has 7 nitrogen and oxygen atoms in total. The Hall–Kier alpha value is -2.77. The smallest absolute Gasteiger partial charge is 0.251 e. The summed E-state index contributed by atoms with van der Waals surface area (Å²) in [6, 6.07) is 4.19. The first kappa shape index (κ1) is 23.0. The van der Waals surface area contributed by atoms with E-state index in [2.05, 4.69) is 26.7 Å². The van der Waals surface area contributed by atoms with Crippen molar-refractivity contribution in [2.24, 2.45) is 5.92 Å². The van der Waals surface area contributed by atoms with Crippen LogP contribution in [0.5, 0.6) is 0 Å². The number of H-pyrrole nitrogens is 1. The number of rotatable bonds is 6. The van der Waals surface area contributed by atoms with Gasteiger partial charge in [-0.05, 0) is 63.3 Å². The first-order chi connectivity index (χ1) is 16.6. The summed E-state index contributed by atoms with van der Waals surface area (Å²) < 4.78 is 6.44. The zero-order chi connectivity index (χ0) is 23.5. The minimum absolute atomic E-state index is 0.0744. The average molecular weight is 462 g/mol. The summed E-state index contributed by atoms with van der Waals surface area (Å²) in [6.45, 7) is 6.45. The first-order valence-corrected chi connectivity index (χ1v) is 12.6. The molecule has 0 amide bonds. The van der Waals surface area contributed by atoms with Crippen LogP contribution in [0.4, 0.5) is 5.82 Å². The van der Waals surface area contributed by atoms with E-state index in [4.69, 9.17) is 9.72 Å². The molecule has 34 heavy (non-hydrogen) atoms. The maximum absolute atomic E-state index is 12.6. The van der Waals surface area contributed by atoms with Crippen LogP contribution in [0.2, 0.25) is 0 Å². The van der Waals surface area contributed by atoms with Gasteiger partial charge in [0.2, 0.25) is 0 Å². The van der Waals surface area contributed by atoms with Crippen molar-refractivity contribution in [3.05, 3.63) is 52.2 Å². The van der Waals surface area contributed by atoms with E-state index in [0.29, 0.717) is 17.3 Å². The topological polar surface area (TPSA) is 91.9 Å². The predicted octanol–water partition coefficient (Wildman–Crippen LogP) is 4.34. The van der Waals surface area contributed by atoms with Crippen molar-refractivity contribution in [1.29, 1.82) is 0 Å². The Bertz CT molecular complexity index is 1200. The summed E-state index contributed by atoms with van der Waals surface area (Å²) in [5.41, 5.74) is 4.37. The second-order valence-electron chi connectivity index (χ2n) is 9.96. The number of hydrogen-bond donors (Lipinski definition) is 3. The van der Waals surface area contributed by atoms with Crippen LogP contribution in [-0.4, -0.2) is 46.8 Å². The lowest BCUT2D eigenvalue weighted by Gasteiger charge is -2.34. The van der Waals surface area contributed by atoms with E-state index >= 15 is 0 Å². The molecule has 5 rings (SSSR count). The molecule has 0 radical (unpaired) electrons. The highest BCUT2D eigenvalue weighted by molar-refractivity contribution is 5.99. The molecule has 0 spiro atoms. The van der Waals surface area contributed by atoms with E-state index < -0.39 is 0 Å². The molecule has 3 N–H and O–H groups in total. The van der Waals surface area contributed by atoms with Gasteiger partial charge in [-0.1, -0.05) is 19.3 Å². The van der Waals surface area contributed by atoms with Gasteiger partial charge < -0.3 is 20.4 Å². The van der Waals surface area contributed by atoms with Gasteiger partial charge in [-0.3, -0.25) is 9.78 Å². The first-order valence-electron chi connectivity index (χ1n) is 12.6. The number of pyridine rings is 3. The fourth-order valence-electron chi connectivity index (χ4n) is 5.30. The highest BCUT2D eigenvalue weighted by Gasteiger charge is 2.28. The molecule has 180 valence electrons. The van der Waals surface area contributed by atoms with Crippen molar-refractivity contribution < 1.29 is 4.74 Å². The number of fused-ring (bicyclic) bond motifs is 1. The highest BCUT2D eigenvalue weighted by atomic mass is 16.5. The molecule has 1 saturated carbocycles. The molecule has 2 atom stereocenters. The second-order valence-corrected chi connectivity index (χ2v) is 9.96. The van der Waals surface area contributed by atoms with E-state index in [9.17, 15) is 4.79 Å². The second kappa shape index (κ2) is 10.2. The van der Waals surface area contributed by atoms with Crippen LogP contribution in [0.15, 0.2) is 35.5 Å². The quantitative estimate of drug-likeness (QED) is 0.506. The van der Waals surface area contributed by atoms with Crippen LogP contribution < -0.4 is 16.2 Å². The SMILES string of the molecule is Cc1cncc(-c2cnc(N[C@H]3CCNC[C@@H]3OCC3CCCCC3)c3[nH]c(=O)c(C)cc23)c1. The molecule has 0 unspecified atom stereocenters. The molecular weight excluding hydrogens is 426 g/mol. The maximum atomic E-state index is 12.6. The Morgan fingerprint density at radius 2 is 1.94 bits per heavy atom. The van der Waals surface area contributed by atoms with Crippen molar-refractivity contribution in [3.63, 3.8) is 0 Å². The summed E-state index contributed by atoms with van der Waals surface area (Å²) >= 11 is 0. The largest absolute Gasteiger partial charge is 0.374 e. The molecule has 1 aliphatic carbocycles. The molecule has 2 fully saturated rings. The molecule has 7 heteroatoms. The number of nitrogens with one attached hydrogen (secondary N) is 3. The summed E-state index contributed by atoms with van der Waals surface area (Å²) in [7, 11) is 0. The fourth-order valence-corrected chi connectivity index (χ4v) is 5.30. The van der Waals surface area contributed by atoms with E-state index in [1.165, 1.54) is 32.1 Å². The molecule has 1 aliphatic heterocycles. The average Bonchev–Trinajstić information content (AvgIpc) is 2.85. The van der Waals surface area contributed by atoms with Gasteiger partial charge in [-0.15, -0.1) is 0 Å². The Labute approximate surface area is 200 Å². The van der Waals surface area contributed by atoms with Crippen molar-refractivity contribution in [1.82, 2.24) is 20.3 Å². The molecule has 3 aromatic rings. The number of aromatic amines is 1. The van der Waals surface area contributed by atoms with Crippen LogP contribution in [0, 0.1) is 19.8 Å². The molecule has 1 saturated heterocycles. The number of hydrogen-bond acceptors (Lipinski definition) is 6. The highest BCUT2D eigenvalue weighted by Crippen LogP contribution is 2.31. The minimum atomic E-state index is -0.0905. The van der Waals surface area contributed by atoms with Gasteiger partial charge in [0.1, 0.15) is 0 Å². The summed E-state index contributed by atoms with van der Waals surface area (Å²) in [5, 5.41) is 8.08. The van der Waals surface area contributed by atoms with Crippen molar-refractivity contribution in [2.45, 2.75) is 64.5 Å². The summed E-state index contributed by atoms with van der Waals surface area (Å²) in [5.74, 6) is 1.38. The number of nitrogens with zero attached hydrogens (tertiary/aromatic N) is 2. The Balaban J connectivity index is 1.44. The predicted molar refractivity (Wildman–Crippen MR) is 136 cm³/mol. The van der Waals surface area contributed by atoms with E-state index in [1.807, 2.05) is 38.5 Å². The molecule has 0 aromatic carbocycles. The lowest BCUT2D eigenvalue weighted by Crippen LogP contribution is -2.49. The molecular formula is C27H35N5O2. The minimum Gasteiger partial charge on any atom is -0.374 e. The van der Waals surface area contributed by atoms with Crippen molar-refractivity contribution in [3.8, 4) is 11.1 Å². The fraction of sp³-hybridized carbons (Fsp3) is 0.519. The zero-order valence-corrected chi connectivity index (χ0v) is 20.2. The van der Waals surface area contributed by atoms with Gasteiger partial charge in [0.15, 0.2) is 5.82 Å². The Morgan fingerprint density at radius 3 is 2.76 bits per heavy atom. The third kappa shape index (κ3) is 5.00. The lowest BCUT2D eigenvalue weighted by atomic mass is 9.90. The van der Waals surface area contributed by atoms with Crippen molar-refractivity contribution >= 4 is 16.7 Å². The molecule has 2 aliphatic rings.